The van der Waals surface area contributed by atoms with Gasteiger partial charge in [-0.3, -0.25) is 4.68 Å². The Bertz CT molecular complexity index is 519. The molecule has 0 saturated heterocycles. The number of urea groups is 1. The van der Waals surface area contributed by atoms with Crippen LogP contribution in [0, 0.1) is 6.92 Å². The van der Waals surface area contributed by atoms with Gasteiger partial charge in [-0.15, -0.1) is 0 Å². The molecule has 0 saturated carbocycles. The van der Waals surface area contributed by atoms with E-state index in [1.54, 1.807) is 10.9 Å². The maximum Gasteiger partial charge on any atom is 0.319 e. The van der Waals surface area contributed by atoms with Crippen molar-refractivity contribution < 1.29 is 4.79 Å². The van der Waals surface area contributed by atoms with Crippen LogP contribution in [0.4, 0.5) is 10.5 Å². The number of nitrogens with one attached hydrogen (secondary N) is 2. The Morgan fingerprint density at radius 3 is 2.74 bits per heavy atom. The maximum atomic E-state index is 11.8. The number of amides is 2. The lowest BCUT2D eigenvalue weighted by molar-refractivity contribution is 0.247. The van der Waals surface area contributed by atoms with Crippen molar-refractivity contribution in [2.75, 3.05) is 5.32 Å². The largest absolute Gasteiger partial charge is 0.334 e. The smallest absolute Gasteiger partial charge is 0.319 e. The molecule has 1 heterocycles. The van der Waals surface area contributed by atoms with Gasteiger partial charge < -0.3 is 10.6 Å². The van der Waals surface area contributed by atoms with E-state index in [0.29, 0.717) is 6.54 Å². The molecule has 2 N–H and O–H groups in total. The molecule has 1 atom stereocenters. The van der Waals surface area contributed by atoms with Gasteiger partial charge in [-0.05, 0) is 32.0 Å². The van der Waals surface area contributed by atoms with Crippen LogP contribution in [-0.2, 0) is 6.54 Å². The average molecular weight is 258 g/mol. The zero-order chi connectivity index (χ0) is 13.7. The lowest BCUT2D eigenvalue weighted by atomic mass is 10.2. The highest BCUT2D eigenvalue weighted by atomic mass is 16.2. The summed E-state index contributed by atoms with van der Waals surface area (Å²) in [6.07, 6.45) is 3.59. The first-order chi connectivity index (χ1) is 9.13. The first-order valence-electron chi connectivity index (χ1n) is 6.25. The van der Waals surface area contributed by atoms with E-state index < -0.39 is 0 Å². The number of rotatable bonds is 4. The predicted molar refractivity (Wildman–Crippen MR) is 75.0 cm³/mol. The molecule has 0 aliphatic carbocycles. The molecule has 2 amide bonds. The molecule has 19 heavy (non-hydrogen) atoms. The highest BCUT2D eigenvalue weighted by molar-refractivity contribution is 5.89. The third-order valence-corrected chi connectivity index (χ3v) is 2.71. The minimum Gasteiger partial charge on any atom is -0.334 e. The molecule has 5 nitrogen and oxygen atoms in total. The lowest BCUT2D eigenvalue weighted by Crippen LogP contribution is -2.38. The van der Waals surface area contributed by atoms with E-state index in [1.807, 2.05) is 50.4 Å². The fourth-order valence-corrected chi connectivity index (χ4v) is 1.76. The van der Waals surface area contributed by atoms with Gasteiger partial charge in [-0.1, -0.05) is 17.7 Å². The molecule has 2 rings (SSSR count). The van der Waals surface area contributed by atoms with Crippen molar-refractivity contribution in [3.05, 3.63) is 48.3 Å². The zero-order valence-corrected chi connectivity index (χ0v) is 11.1. The van der Waals surface area contributed by atoms with Crippen molar-refractivity contribution in [3.8, 4) is 0 Å². The summed E-state index contributed by atoms with van der Waals surface area (Å²) in [6, 6.07) is 9.35. The van der Waals surface area contributed by atoms with Gasteiger partial charge in [0, 0.05) is 24.1 Å². The number of hydrogen-bond acceptors (Lipinski definition) is 2. The molecule has 0 aliphatic heterocycles. The van der Waals surface area contributed by atoms with E-state index in [1.165, 1.54) is 0 Å². The van der Waals surface area contributed by atoms with Crippen molar-refractivity contribution in [1.82, 2.24) is 15.1 Å². The van der Waals surface area contributed by atoms with Crippen LogP contribution in [0.2, 0.25) is 0 Å². The SMILES string of the molecule is Cc1ccc(NC(=O)N[C@H](C)Cn2cccn2)cc1. The Morgan fingerprint density at radius 1 is 1.37 bits per heavy atom. The third-order valence-electron chi connectivity index (χ3n) is 2.71. The van der Waals surface area contributed by atoms with Crippen molar-refractivity contribution in [1.29, 1.82) is 0 Å². The predicted octanol–water partition coefficient (Wildman–Crippen LogP) is 2.40. The van der Waals surface area contributed by atoms with Gasteiger partial charge in [0.2, 0.25) is 0 Å². The second-order valence-corrected chi connectivity index (χ2v) is 4.59. The van der Waals surface area contributed by atoms with Gasteiger partial charge in [0.15, 0.2) is 0 Å². The van der Waals surface area contributed by atoms with E-state index in [0.717, 1.165) is 11.3 Å². The topological polar surface area (TPSA) is 59.0 Å². The highest BCUT2D eigenvalue weighted by Gasteiger charge is 2.07. The van der Waals surface area contributed by atoms with Crippen LogP contribution < -0.4 is 10.6 Å². The van der Waals surface area contributed by atoms with E-state index in [2.05, 4.69) is 15.7 Å². The Hall–Kier alpha value is -2.30. The van der Waals surface area contributed by atoms with Crippen LogP contribution >= 0.6 is 0 Å². The number of benzene rings is 1. The summed E-state index contributed by atoms with van der Waals surface area (Å²) in [5.41, 5.74) is 1.95. The maximum absolute atomic E-state index is 11.8. The minimum atomic E-state index is -0.205. The Kier molecular flexibility index (Phi) is 4.18. The van der Waals surface area contributed by atoms with E-state index in [-0.39, 0.29) is 12.1 Å². The Morgan fingerprint density at radius 2 is 2.11 bits per heavy atom. The number of hydrogen-bond donors (Lipinski definition) is 2. The van der Waals surface area contributed by atoms with E-state index >= 15 is 0 Å². The van der Waals surface area contributed by atoms with Gasteiger partial charge in [-0.25, -0.2) is 4.79 Å². The summed E-state index contributed by atoms with van der Waals surface area (Å²) in [4.78, 5) is 11.8. The van der Waals surface area contributed by atoms with Gasteiger partial charge in [0.1, 0.15) is 0 Å². The van der Waals surface area contributed by atoms with Crippen molar-refractivity contribution in [3.63, 3.8) is 0 Å². The number of aromatic nitrogens is 2. The first kappa shape index (κ1) is 13.1. The summed E-state index contributed by atoms with van der Waals surface area (Å²) in [5.74, 6) is 0. The quantitative estimate of drug-likeness (QED) is 0.884. The molecule has 0 fully saturated rings. The number of nitrogens with zero attached hydrogens (tertiary/aromatic N) is 2. The second kappa shape index (κ2) is 6.04. The third kappa shape index (κ3) is 4.13. The summed E-state index contributed by atoms with van der Waals surface area (Å²) in [7, 11) is 0. The molecule has 1 aromatic heterocycles. The van der Waals surface area contributed by atoms with Crippen LogP contribution in [0.3, 0.4) is 0 Å². The second-order valence-electron chi connectivity index (χ2n) is 4.59. The van der Waals surface area contributed by atoms with Crippen LogP contribution in [0.25, 0.3) is 0 Å². The Balaban J connectivity index is 1.82. The summed E-state index contributed by atoms with van der Waals surface area (Å²) in [6.45, 7) is 4.60. The molecular weight excluding hydrogens is 240 g/mol. The molecule has 0 bridgehead atoms. The fraction of sp³-hybridized carbons (Fsp3) is 0.286. The molecule has 1 aromatic carbocycles. The number of carbonyl (C=O) groups is 1. The molecule has 0 radical (unpaired) electrons. The van der Waals surface area contributed by atoms with Crippen molar-refractivity contribution in [2.24, 2.45) is 0 Å². The van der Waals surface area contributed by atoms with Crippen LogP contribution in [0.5, 0.6) is 0 Å². The standard InChI is InChI=1S/C14H18N4O/c1-11-4-6-13(7-5-11)17-14(19)16-12(2)10-18-9-3-8-15-18/h3-9,12H,10H2,1-2H3,(H2,16,17,19)/t12-/m1/s1. The molecule has 0 spiro atoms. The fourth-order valence-electron chi connectivity index (χ4n) is 1.76. The van der Waals surface area contributed by atoms with Crippen LogP contribution in [0.1, 0.15) is 12.5 Å². The molecule has 100 valence electrons. The normalized spacial score (nSPS) is 11.9. The zero-order valence-electron chi connectivity index (χ0n) is 11.1. The molecule has 5 heteroatoms. The van der Waals surface area contributed by atoms with Crippen LogP contribution in [-0.4, -0.2) is 21.9 Å². The van der Waals surface area contributed by atoms with Gasteiger partial charge in [0.05, 0.1) is 6.54 Å². The Labute approximate surface area is 112 Å². The first-order valence-corrected chi connectivity index (χ1v) is 6.25. The average Bonchev–Trinajstić information content (AvgIpc) is 2.84. The molecule has 2 aromatic rings. The summed E-state index contributed by atoms with van der Waals surface area (Å²) >= 11 is 0. The minimum absolute atomic E-state index is 0.00495. The lowest BCUT2D eigenvalue weighted by Gasteiger charge is -2.14. The number of aryl methyl sites for hydroxylation is 1. The molecule has 0 aliphatic rings. The summed E-state index contributed by atoms with van der Waals surface area (Å²) in [5, 5.41) is 9.77. The monoisotopic (exact) mass is 258 g/mol. The van der Waals surface area contributed by atoms with Crippen molar-refractivity contribution >= 4 is 11.7 Å². The van der Waals surface area contributed by atoms with Gasteiger partial charge in [0.25, 0.3) is 0 Å². The number of carbonyl (C=O) groups excluding carboxylic acids is 1. The van der Waals surface area contributed by atoms with Gasteiger partial charge in [-0.2, -0.15) is 5.10 Å². The highest BCUT2D eigenvalue weighted by Crippen LogP contribution is 2.08. The van der Waals surface area contributed by atoms with Crippen LogP contribution in [0.15, 0.2) is 42.7 Å². The van der Waals surface area contributed by atoms with Crippen molar-refractivity contribution in [2.45, 2.75) is 26.4 Å². The summed E-state index contributed by atoms with van der Waals surface area (Å²) < 4.78 is 1.79. The van der Waals surface area contributed by atoms with Gasteiger partial charge >= 0.3 is 6.03 Å². The van der Waals surface area contributed by atoms with E-state index in [4.69, 9.17) is 0 Å². The molecular formula is C14H18N4O. The van der Waals surface area contributed by atoms with E-state index in [9.17, 15) is 4.79 Å². The number of anilines is 1. The molecule has 0 unspecified atom stereocenters.